The molecule has 0 bridgehead atoms. The molecule has 0 atom stereocenters. The smallest absolute Gasteiger partial charge is 0.310 e. The van der Waals surface area contributed by atoms with Crippen LogP contribution in [0, 0.1) is 31.3 Å². The molecule has 0 amide bonds. The number of halogens is 3. The maximum Gasteiger partial charge on any atom is 0.310 e. The second-order valence-corrected chi connectivity index (χ2v) is 4.53. The van der Waals surface area contributed by atoms with Crippen LogP contribution in [0.2, 0.25) is 0 Å². The Morgan fingerprint density at radius 1 is 1.19 bits per heavy atom. The van der Waals surface area contributed by atoms with Gasteiger partial charge in [0.15, 0.2) is 17.5 Å². The highest BCUT2D eigenvalue weighted by molar-refractivity contribution is 5.73. The molecule has 0 unspecified atom stereocenters. The van der Waals surface area contributed by atoms with Crippen LogP contribution in [0.3, 0.4) is 0 Å². The van der Waals surface area contributed by atoms with Gasteiger partial charge in [0.1, 0.15) is 5.69 Å². The minimum atomic E-state index is -1.27. The molecule has 4 nitrogen and oxygen atoms in total. The van der Waals surface area contributed by atoms with Crippen molar-refractivity contribution >= 4 is 5.97 Å². The molecule has 112 valence electrons. The zero-order chi connectivity index (χ0) is 15.7. The molecule has 1 aromatic carbocycles. The molecule has 0 aliphatic rings. The Hall–Kier alpha value is -2.31. The van der Waals surface area contributed by atoms with Crippen molar-refractivity contribution in [1.29, 1.82) is 0 Å². The predicted molar refractivity (Wildman–Crippen MR) is 68.6 cm³/mol. The highest BCUT2D eigenvalue weighted by Crippen LogP contribution is 2.22. The second kappa shape index (κ2) is 5.59. The van der Waals surface area contributed by atoms with Crippen LogP contribution in [0.25, 0.3) is 5.69 Å². The van der Waals surface area contributed by atoms with E-state index in [1.54, 1.807) is 13.8 Å². The molecular weight excluding hydrogens is 285 g/mol. The van der Waals surface area contributed by atoms with E-state index >= 15 is 0 Å². The molecule has 0 aliphatic carbocycles. The van der Waals surface area contributed by atoms with Gasteiger partial charge in [0.05, 0.1) is 19.2 Å². The first-order valence-electron chi connectivity index (χ1n) is 6.12. The average Bonchev–Trinajstić information content (AvgIpc) is 2.70. The Balaban J connectivity index is 2.54. The summed E-state index contributed by atoms with van der Waals surface area (Å²) >= 11 is 0. The minimum absolute atomic E-state index is 0.0283. The molecular formula is C14H13F3N2O2. The summed E-state index contributed by atoms with van der Waals surface area (Å²) in [5.74, 6) is -3.85. The van der Waals surface area contributed by atoms with E-state index in [9.17, 15) is 18.0 Å². The van der Waals surface area contributed by atoms with Gasteiger partial charge in [-0.05, 0) is 13.8 Å². The summed E-state index contributed by atoms with van der Waals surface area (Å²) in [6.45, 7) is 3.25. The number of esters is 1. The van der Waals surface area contributed by atoms with Gasteiger partial charge < -0.3 is 4.74 Å². The SMILES string of the molecule is COC(=O)Cc1c(C)nn(-c2cc(F)c(F)cc2F)c1C. The monoisotopic (exact) mass is 298 g/mol. The lowest BCUT2D eigenvalue weighted by Gasteiger charge is -2.07. The maximum atomic E-state index is 13.8. The van der Waals surface area contributed by atoms with Crippen LogP contribution in [0.15, 0.2) is 12.1 Å². The quantitative estimate of drug-likeness (QED) is 0.646. The molecule has 0 saturated carbocycles. The van der Waals surface area contributed by atoms with Gasteiger partial charge in [-0.1, -0.05) is 0 Å². The molecule has 7 heteroatoms. The number of aryl methyl sites for hydroxylation is 1. The Bertz CT molecular complexity index is 711. The summed E-state index contributed by atoms with van der Waals surface area (Å²) in [6, 6.07) is 1.19. The number of benzene rings is 1. The Morgan fingerprint density at radius 3 is 2.43 bits per heavy atom. The van der Waals surface area contributed by atoms with Gasteiger partial charge in [-0.25, -0.2) is 17.9 Å². The molecule has 0 saturated heterocycles. The summed E-state index contributed by atoms with van der Waals surface area (Å²) in [6.07, 6.45) is -0.0283. The number of hydrogen-bond acceptors (Lipinski definition) is 3. The first-order valence-corrected chi connectivity index (χ1v) is 6.12. The van der Waals surface area contributed by atoms with Crippen LogP contribution < -0.4 is 0 Å². The molecule has 0 spiro atoms. The van der Waals surface area contributed by atoms with Crippen molar-refractivity contribution in [2.24, 2.45) is 0 Å². The van der Waals surface area contributed by atoms with E-state index in [1.165, 1.54) is 7.11 Å². The Kier molecular flexibility index (Phi) is 4.02. The normalized spacial score (nSPS) is 10.8. The molecule has 0 N–H and O–H groups in total. The highest BCUT2D eigenvalue weighted by atomic mass is 19.2. The molecule has 0 aliphatic heterocycles. The van der Waals surface area contributed by atoms with Gasteiger partial charge in [0, 0.05) is 23.4 Å². The van der Waals surface area contributed by atoms with Crippen LogP contribution in [0.5, 0.6) is 0 Å². The van der Waals surface area contributed by atoms with Gasteiger partial charge in [0.25, 0.3) is 0 Å². The summed E-state index contributed by atoms with van der Waals surface area (Å²) in [7, 11) is 1.26. The van der Waals surface area contributed by atoms with Gasteiger partial charge in [0.2, 0.25) is 0 Å². The van der Waals surface area contributed by atoms with E-state index in [-0.39, 0.29) is 12.1 Å². The highest BCUT2D eigenvalue weighted by Gasteiger charge is 2.19. The zero-order valence-electron chi connectivity index (χ0n) is 11.7. The van der Waals surface area contributed by atoms with E-state index in [1.807, 2.05) is 0 Å². The zero-order valence-corrected chi connectivity index (χ0v) is 11.7. The number of aromatic nitrogens is 2. The van der Waals surface area contributed by atoms with Gasteiger partial charge in [-0.15, -0.1) is 0 Å². The standard InChI is InChI=1S/C14H13F3N2O2/c1-7-9(4-14(20)21-3)8(2)19(18-7)13-6-11(16)10(15)5-12(13)17/h5-6H,4H2,1-3H3. The third-order valence-electron chi connectivity index (χ3n) is 3.21. The average molecular weight is 298 g/mol. The number of hydrogen-bond donors (Lipinski definition) is 0. The predicted octanol–water partition coefficient (Wildman–Crippen LogP) is 2.62. The van der Waals surface area contributed by atoms with Crippen molar-refractivity contribution < 1.29 is 22.7 Å². The molecule has 1 heterocycles. The largest absolute Gasteiger partial charge is 0.469 e. The van der Waals surface area contributed by atoms with Gasteiger partial charge in [-0.2, -0.15) is 5.10 Å². The van der Waals surface area contributed by atoms with Crippen LogP contribution in [-0.4, -0.2) is 22.9 Å². The summed E-state index contributed by atoms with van der Waals surface area (Å²) in [5, 5.41) is 4.08. The summed E-state index contributed by atoms with van der Waals surface area (Å²) < 4.78 is 45.8. The molecule has 21 heavy (non-hydrogen) atoms. The van der Waals surface area contributed by atoms with Crippen LogP contribution >= 0.6 is 0 Å². The third kappa shape index (κ3) is 2.76. The van der Waals surface area contributed by atoms with E-state index in [0.717, 1.165) is 10.7 Å². The minimum Gasteiger partial charge on any atom is -0.469 e. The van der Waals surface area contributed by atoms with E-state index in [0.29, 0.717) is 23.0 Å². The Labute approximate surface area is 119 Å². The number of methoxy groups -OCH3 is 1. The van der Waals surface area contributed by atoms with Crippen LogP contribution in [-0.2, 0) is 16.0 Å². The van der Waals surface area contributed by atoms with Crippen molar-refractivity contribution in [3.63, 3.8) is 0 Å². The number of ether oxygens (including phenoxy) is 1. The third-order valence-corrected chi connectivity index (χ3v) is 3.21. The van der Waals surface area contributed by atoms with Crippen molar-refractivity contribution in [2.45, 2.75) is 20.3 Å². The fraction of sp³-hybridized carbons (Fsp3) is 0.286. The van der Waals surface area contributed by atoms with Crippen molar-refractivity contribution in [1.82, 2.24) is 9.78 Å². The fourth-order valence-corrected chi connectivity index (χ4v) is 2.06. The lowest BCUT2D eigenvalue weighted by Crippen LogP contribution is -2.07. The van der Waals surface area contributed by atoms with Crippen molar-refractivity contribution in [2.75, 3.05) is 7.11 Å². The molecule has 2 rings (SSSR count). The summed E-state index contributed by atoms with van der Waals surface area (Å²) in [4.78, 5) is 11.4. The lowest BCUT2D eigenvalue weighted by atomic mass is 10.1. The number of carbonyl (C=O) groups excluding carboxylic acids is 1. The first-order chi connectivity index (χ1) is 9.85. The number of carbonyl (C=O) groups is 1. The van der Waals surface area contributed by atoms with Gasteiger partial charge in [-0.3, -0.25) is 4.79 Å². The lowest BCUT2D eigenvalue weighted by molar-refractivity contribution is -0.139. The second-order valence-electron chi connectivity index (χ2n) is 4.53. The molecule has 0 radical (unpaired) electrons. The summed E-state index contributed by atoms with van der Waals surface area (Å²) in [5.41, 5.74) is 1.29. The molecule has 2 aromatic rings. The van der Waals surface area contributed by atoms with E-state index in [4.69, 9.17) is 0 Å². The Morgan fingerprint density at radius 2 is 1.81 bits per heavy atom. The number of nitrogens with zero attached hydrogens (tertiary/aromatic N) is 2. The van der Waals surface area contributed by atoms with E-state index < -0.39 is 23.4 Å². The first kappa shape index (κ1) is 15.1. The van der Waals surface area contributed by atoms with Crippen molar-refractivity contribution in [3.05, 3.63) is 46.5 Å². The van der Waals surface area contributed by atoms with Crippen LogP contribution in [0.4, 0.5) is 13.2 Å². The van der Waals surface area contributed by atoms with Crippen LogP contribution in [0.1, 0.15) is 17.0 Å². The fourth-order valence-electron chi connectivity index (χ4n) is 2.06. The molecule has 1 aromatic heterocycles. The number of rotatable bonds is 3. The molecule has 0 fully saturated rings. The van der Waals surface area contributed by atoms with Crippen molar-refractivity contribution in [3.8, 4) is 5.69 Å². The maximum absolute atomic E-state index is 13.8. The van der Waals surface area contributed by atoms with E-state index in [2.05, 4.69) is 9.84 Å². The topological polar surface area (TPSA) is 44.1 Å². The van der Waals surface area contributed by atoms with Gasteiger partial charge >= 0.3 is 5.97 Å².